The third kappa shape index (κ3) is 3.63. The van der Waals surface area contributed by atoms with E-state index in [4.69, 9.17) is 0 Å². The summed E-state index contributed by atoms with van der Waals surface area (Å²) >= 11 is 0. The van der Waals surface area contributed by atoms with Crippen LogP contribution in [0.4, 0.5) is 10.6 Å². The smallest absolute Gasteiger partial charge is 0.319 e. The van der Waals surface area contributed by atoms with E-state index in [2.05, 4.69) is 40.5 Å². The van der Waals surface area contributed by atoms with Gasteiger partial charge in [-0.25, -0.2) is 4.79 Å². The number of nitrogens with one attached hydrogen (secondary N) is 3. The molecule has 1 saturated carbocycles. The monoisotopic (exact) mass is 455 g/mol. The lowest BCUT2D eigenvalue weighted by molar-refractivity contribution is -0.117. The summed E-state index contributed by atoms with van der Waals surface area (Å²) in [5.41, 5.74) is 1.86. The Morgan fingerprint density at radius 3 is 2.44 bits per heavy atom. The highest BCUT2D eigenvalue weighted by molar-refractivity contribution is 6.83. The van der Waals surface area contributed by atoms with E-state index < -0.39 is 19.7 Å². The average molecular weight is 456 g/mol. The molecule has 0 saturated heterocycles. The molecule has 0 bridgehead atoms. The minimum Gasteiger partial charge on any atom is -0.394 e. The predicted molar refractivity (Wildman–Crippen MR) is 126 cm³/mol. The number of aliphatic hydroxyl groups excluding tert-OH is 1. The molecule has 8 nitrogen and oxygen atoms in total. The van der Waals surface area contributed by atoms with Crippen LogP contribution >= 0.6 is 0 Å². The third-order valence-electron chi connectivity index (χ3n) is 7.25. The zero-order valence-electron chi connectivity index (χ0n) is 19.5. The van der Waals surface area contributed by atoms with E-state index in [9.17, 15) is 14.7 Å². The number of H-pyrrole nitrogens is 1. The van der Waals surface area contributed by atoms with Crippen LogP contribution in [0.25, 0.3) is 0 Å². The van der Waals surface area contributed by atoms with Gasteiger partial charge in [-0.2, -0.15) is 5.10 Å². The fourth-order valence-electron chi connectivity index (χ4n) is 4.76. The highest BCUT2D eigenvalue weighted by Gasteiger charge is 2.59. The summed E-state index contributed by atoms with van der Waals surface area (Å²) in [7, 11) is -1.66. The summed E-state index contributed by atoms with van der Waals surface area (Å²) in [5, 5.41) is 23.0. The molecule has 1 aromatic heterocycles. The van der Waals surface area contributed by atoms with Crippen LogP contribution < -0.4 is 10.6 Å². The van der Waals surface area contributed by atoms with E-state index >= 15 is 0 Å². The fourth-order valence-corrected chi connectivity index (χ4v) is 7.13. The number of hydrogen-bond acceptors (Lipinski definition) is 4. The van der Waals surface area contributed by atoms with E-state index in [-0.39, 0.29) is 23.6 Å². The average Bonchev–Trinajstić information content (AvgIpc) is 3.41. The van der Waals surface area contributed by atoms with E-state index in [1.165, 1.54) is 0 Å². The molecule has 4 N–H and O–H groups in total. The van der Waals surface area contributed by atoms with Crippen molar-refractivity contribution in [3.8, 4) is 0 Å². The van der Waals surface area contributed by atoms with Crippen LogP contribution in [-0.4, -0.2) is 46.8 Å². The normalized spacial score (nSPS) is 19.2. The number of carbonyl (C=O) groups excluding carboxylic acids is 2. The number of urea groups is 1. The van der Waals surface area contributed by atoms with Gasteiger partial charge in [0.15, 0.2) is 5.82 Å². The number of aromatic nitrogens is 2. The molecule has 1 aromatic carbocycles. The molecule has 1 aliphatic carbocycles. The Bertz CT molecular complexity index is 1020. The Kier molecular flexibility index (Phi) is 5.45. The van der Waals surface area contributed by atoms with E-state index in [1.54, 1.807) is 4.90 Å². The molecular weight excluding hydrogens is 422 g/mol. The zero-order valence-corrected chi connectivity index (χ0v) is 20.5. The molecule has 9 heteroatoms. The van der Waals surface area contributed by atoms with Gasteiger partial charge >= 0.3 is 6.03 Å². The van der Waals surface area contributed by atoms with Gasteiger partial charge < -0.3 is 20.6 Å². The van der Waals surface area contributed by atoms with Gasteiger partial charge in [-0.15, -0.1) is 0 Å². The number of carbonyl (C=O) groups is 2. The lowest BCUT2D eigenvalue weighted by Crippen LogP contribution is -2.47. The molecule has 0 spiro atoms. The maximum atomic E-state index is 13.2. The zero-order chi connectivity index (χ0) is 23.3. The van der Waals surface area contributed by atoms with Crippen molar-refractivity contribution in [3.05, 3.63) is 47.2 Å². The molecule has 32 heavy (non-hydrogen) atoms. The van der Waals surface area contributed by atoms with Crippen LogP contribution in [0.3, 0.4) is 0 Å². The maximum Gasteiger partial charge on any atom is 0.319 e. The molecule has 2 aromatic rings. The van der Waals surface area contributed by atoms with E-state index in [0.717, 1.165) is 29.7 Å². The maximum absolute atomic E-state index is 13.2. The summed E-state index contributed by atoms with van der Waals surface area (Å²) in [6.45, 7) is 10.7. The quantitative estimate of drug-likeness (QED) is 0.498. The Morgan fingerprint density at radius 2 is 1.88 bits per heavy atom. The Labute approximate surface area is 189 Å². The number of benzene rings is 1. The first-order valence-corrected chi connectivity index (χ1v) is 14.6. The highest BCUT2D eigenvalue weighted by atomic mass is 28.3. The summed E-state index contributed by atoms with van der Waals surface area (Å²) < 4.78 is 0. The number of aliphatic hydroxyl groups is 1. The van der Waals surface area contributed by atoms with Gasteiger partial charge in [-0.05, 0) is 32.3 Å². The second-order valence-corrected chi connectivity index (χ2v) is 15.9. The van der Waals surface area contributed by atoms with Gasteiger partial charge in [0.1, 0.15) is 0 Å². The number of aromatic amines is 1. The van der Waals surface area contributed by atoms with Gasteiger partial charge in [0.05, 0.1) is 38.5 Å². The molecule has 2 aliphatic rings. The van der Waals surface area contributed by atoms with Crippen molar-refractivity contribution in [2.45, 2.75) is 69.5 Å². The predicted octanol–water partition coefficient (Wildman–Crippen LogP) is 3.71. The number of anilines is 1. The molecule has 1 atom stereocenters. The summed E-state index contributed by atoms with van der Waals surface area (Å²) in [6.07, 6.45) is 1.87. The lowest BCUT2D eigenvalue weighted by Gasteiger charge is -2.33. The fraction of sp³-hybridized carbons (Fsp3) is 0.522. The second-order valence-electron chi connectivity index (χ2n) is 10.5. The highest BCUT2D eigenvalue weighted by Crippen LogP contribution is 2.61. The van der Waals surface area contributed by atoms with E-state index in [1.807, 2.05) is 44.2 Å². The minimum atomic E-state index is -1.66. The van der Waals surface area contributed by atoms with Crippen LogP contribution in [0.1, 0.15) is 49.6 Å². The molecular formula is C23H33N5O3Si. The molecule has 2 heterocycles. The van der Waals surface area contributed by atoms with Gasteiger partial charge in [0, 0.05) is 10.6 Å². The van der Waals surface area contributed by atoms with Gasteiger partial charge in [-0.1, -0.05) is 50.0 Å². The Hall–Kier alpha value is -2.65. The Morgan fingerprint density at radius 1 is 1.22 bits per heavy atom. The molecule has 3 amide bonds. The van der Waals surface area contributed by atoms with Crippen molar-refractivity contribution in [2.75, 3.05) is 11.9 Å². The molecule has 1 aliphatic heterocycles. The first-order valence-electron chi connectivity index (χ1n) is 11.1. The molecule has 172 valence electrons. The summed E-state index contributed by atoms with van der Waals surface area (Å²) in [5.74, 6) is 0.566. The number of hydrogen-bond donors (Lipinski definition) is 4. The van der Waals surface area contributed by atoms with Crippen LogP contribution in [0.15, 0.2) is 30.3 Å². The number of fused-ring (bicyclic) bond motifs is 1. The molecule has 1 fully saturated rings. The van der Waals surface area contributed by atoms with Crippen LogP contribution in [0.5, 0.6) is 0 Å². The topological polar surface area (TPSA) is 110 Å². The summed E-state index contributed by atoms with van der Waals surface area (Å²) in [4.78, 5) is 28.0. The van der Waals surface area contributed by atoms with Crippen LogP contribution in [0.2, 0.25) is 24.7 Å². The number of rotatable bonds is 6. The van der Waals surface area contributed by atoms with Crippen LogP contribution in [0, 0.1) is 0 Å². The standard InChI is InChI=1S/C23H33N5O3Si/c1-22(2)18-16(19(27-26-18)25-20(30)23(11-12-23)32(3,4)5)13-28(22)21(31)24-17(14-29)15-9-7-6-8-10-15/h6-10,17,29H,11-14H2,1-5H3,(H,24,31)(H2,25,26,27,30)/t17-/m1/s1. The van der Waals surface area contributed by atoms with Crippen molar-refractivity contribution in [1.82, 2.24) is 20.4 Å². The van der Waals surface area contributed by atoms with Crippen molar-refractivity contribution in [2.24, 2.45) is 0 Å². The largest absolute Gasteiger partial charge is 0.394 e. The number of amides is 3. The minimum absolute atomic E-state index is 0.0519. The number of nitrogens with zero attached hydrogens (tertiary/aromatic N) is 2. The molecule has 4 rings (SSSR count). The first kappa shape index (κ1) is 22.5. The third-order valence-corrected chi connectivity index (χ3v) is 10.8. The van der Waals surface area contributed by atoms with Gasteiger partial charge in [0.25, 0.3) is 0 Å². The summed E-state index contributed by atoms with van der Waals surface area (Å²) in [6, 6.07) is 8.63. The first-order chi connectivity index (χ1) is 15.0. The second kappa shape index (κ2) is 7.74. The molecule has 0 radical (unpaired) electrons. The van der Waals surface area contributed by atoms with Crippen molar-refractivity contribution in [1.29, 1.82) is 0 Å². The SMILES string of the molecule is CC1(C)c2[nH]nc(NC(=O)C3([Si](C)(C)C)CC3)c2CN1C(=O)N[C@H](CO)c1ccccc1. The van der Waals surface area contributed by atoms with E-state index in [0.29, 0.717) is 12.4 Å². The Balaban J connectivity index is 1.51. The van der Waals surface area contributed by atoms with Crippen molar-refractivity contribution in [3.63, 3.8) is 0 Å². The molecule has 0 unspecified atom stereocenters. The van der Waals surface area contributed by atoms with Crippen molar-refractivity contribution >= 4 is 25.8 Å². The van der Waals surface area contributed by atoms with Crippen LogP contribution in [-0.2, 0) is 16.9 Å². The van der Waals surface area contributed by atoms with Crippen molar-refractivity contribution < 1.29 is 14.7 Å². The van der Waals surface area contributed by atoms with Gasteiger partial charge in [-0.3, -0.25) is 9.89 Å². The van der Waals surface area contributed by atoms with Gasteiger partial charge in [0.2, 0.25) is 5.91 Å². The lowest BCUT2D eigenvalue weighted by atomic mass is 10.0.